The Balaban J connectivity index is 1.78. The molecule has 0 spiro atoms. The van der Waals surface area contributed by atoms with Crippen LogP contribution in [0.15, 0.2) is 54.6 Å². The van der Waals surface area contributed by atoms with Gasteiger partial charge in [-0.15, -0.1) is 0 Å². The Morgan fingerprint density at radius 3 is 2.58 bits per heavy atom. The minimum atomic E-state index is -0.0196. The highest BCUT2D eigenvalue weighted by Gasteiger charge is 2.19. The third kappa shape index (κ3) is 2.60. The van der Waals surface area contributed by atoms with Crippen LogP contribution in [0.3, 0.4) is 0 Å². The molecular weight excluding hydrogens is 236 g/mol. The predicted molar refractivity (Wildman–Crippen MR) is 76.0 cm³/mol. The summed E-state index contributed by atoms with van der Waals surface area (Å²) in [5.41, 5.74) is 3.29. The van der Waals surface area contributed by atoms with Crippen molar-refractivity contribution in [2.24, 2.45) is 0 Å². The van der Waals surface area contributed by atoms with E-state index in [9.17, 15) is 4.79 Å². The first-order valence-corrected chi connectivity index (χ1v) is 6.51. The van der Waals surface area contributed by atoms with E-state index in [0.29, 0.717) is 6.54 Å². The van der Waals surface area contributed by atoms with Crippen molar-refractivity contribution in [2.45, 2.75) is 13.0 Å². The molecular formula is C16H16N2O. The molecule has 0 unspecified atom stereocenters. The Kier molecular flexibility index (Phi) is 3.19. The molecule has 96 valence electrons. The molecule has 0 saturated heterocycles. The number of benzene rings is 2. The van der Waals surface area contributed by atoms with Gasteiger partial charge >= 0.3 is 6.03 Å². The molecule has 0 bridgehead atoms. The van der Waals surface area contributed by atoms with E-state index in [1.54, 1.807) is 0 Å². The summed E-state index contributed by atoms with van der Waals surface area (Å²) < 4.78 is 0. The number of anilines is 1. The van der Waals surface area contributed by atoms with Gasteiger partial charge in [0.25, 0.3) is 0 Å². The zero-order valence-corrected chi connectivity index (χ0v) is 10.7. The lowest BCUT2D eigenvalue weighted by Gasteiger charge is -2.20. The molecule has 1 N–H and O–H groups in total. The fraction of sp³-hybridized carbons (Fsp3) is 0.188. The molecule has 0 fully saturated rings. The molecule has 3 nitrogen and oxygen atoms in total. The Labute approximate surface area is 112 Å². The van der Waals surface area contributed by atoms with Crippen molar-refractivity contribution in [3.8, 4) is 0 Å². The molecule has 2 aromatic rings. The number of nitrogens with zero attached hydrogens (tertiary/aromatic N) is 1. The molecule has 2 amide bonds. The molecule has 1 heterocycles. The van der Waals surface area contributed by atoms with E-state index in [1.807, 2.05) is 53.4 Å². The number of amides is 2. The molecule has 0 aliphatic carbocycles. The normalized spacial score (nSPS) is 14.5. The van der Waals surface area contributed by atoms with Gasteiger partial charge in [-0.2, -0.15) is 0 Å². The summed E-state index contributed by atoms with van der Waals surface area (Å²) in [7, 11) is 0. The van der Waals surface area contributed by atoms with Crippen LogP contribution in [0.5, 0.6) is 0 Å². The van der Waals surface area contributed by atoms with Crippen LogP contribution in [0.4, 0.5) is 10.5 Å². The van der Waals surface area contributed by atoms with Crippen LogP contribution >= 0.6 is 0 Å². The van der Waals surface area contributed by atoms with Crippen LogP contribution in [0, 0.1) is 0 Å². The van der Waals surface area contributed by atoms with Gasteiger partial charge in [-0.1, -0.05) is 48.5 Å². The number of carbonyl (C=O) groups excluding carboxylic acids is 1. The van der Waals surface area contributed by atoms with Gasteiger partial charge in [0.1, 0.15) is 0 Å². The zero-order chi connectivity index (χ0) is 13.1. The molecule has 2 aromatic carbocycles. The van der Waals surface area contributed by atoms with Crippen LogP contribution in [0.2, 0.25) is 0 Å². The number of nitrogens with one attached hydrogen (secondary N) is 1. The highest BCUT2D eigenvalue weighted by molar-refractivity contribution is 5.90. The highest BCUT2D eigenvalue weighted by Crippen LogP contribution is 2.20. The maximum atomic E-state index is 12.2. The SMILES string of the molecule is O=C1Nc2ccccc2CCN1Cc1ccccc1. The lowest BCUT2D eigenvalue weighted by Crippen LogP contribution is -2.33. The van der Waals surface area contributed by atoms with Gasteiger partial charge in [0.15, 0.2) is 0 Å². The topological polar surface area (TPSA) is 32.3 Å². The number of carbonyl (C=O) groups is 1. The number of rotatable bonds is 2. The summed E-state index contributed by atoms with van der Waals surface area (Å²) in [6.07, 6.45) is 0.891. The maximum Gasteiger partial charge on any atom is 0.322 e. The lowest BCUT2D eigenvalue weighted by atomic mass is 10.1. The Bertz CT molecular complexity index is 580. The summed E-state index contributed by atoms with van der Waals surface area (Å²) >= 11 is 0. The average molecular weight is 252 g/mol. The highest BCUT2D eigenvalue weighted by atomic mass is 16.2. The van der Waals surface area contributed by atoms with Gasteiger partial charge in [-0.25, -0.2) is 4.79 Å². The standard InChI is InChI=1S/C16H16N2O/c19-16-17-15-9-5-4-8-14(15)10-11-18(16)12-13-6-2-1-3-7-13/h1-9H,10-12H2,(H,17,19). The number of para-hydroxylation sites is 1. The Morgan fingerprint density at radius 2 is 1.74 bits per heavy atom. The van der Waals surface area contributed by atoms with Crippen molar-refractivity contribution in [1.82, 2.24) is 4.90 Å². The predicted octanol–water partition coefficient (Wildman–Crippen LogP) is 3.28. The Morgan fingerprint density at radius 1 is 1.00 bits per heavy atom. The van der Waals surface area contributed by atoms with E-state index < -0.39 is 0 Å². The van der Waals surface area contributed by atoms with Gasteiger partial charge in [0, 0.05) is 18.8 Å². The molecule has 0 aromatic heterocycles. The lowest BCUT2D eigenvalue weighted by molar-refractivity contribution is 0.211. The first-order chi connectivity index (χ1) is 9.33. The van der Waals surface area contributed by atoms with Crippen LogP contribution in [0.1, 0.15) is 11.1 Å². The fourth-order valence-corrected chi connectivity index (χ4v) is 2.37. The smallest absolute Gasteiger partial charge is 0.320 e. The van der Waals surface area contributed by atoms with Gasteiger partial charge < -0.3 is 10.2 Å². The van der Waals surface area contributed by atoms with Crippen molar-refractivity contribution >= 4 is 11.7 Å². The molecule has 0 radical (unpaired) electrons. The average Bonchev–Trinajstić information content (AvgIpc) is 2.60. The minimum absolute atomic E-state index is 0.0196. The van der Waals surface area contributed by atoms with E-state index in [1.165, 1.54) is 5.56 Å². The summed E-state index contributed by atoms with van der Waals surface area (Å²) in [6.45, 7) is 1.40. The largest absolute Gasteiger partial charge is 0.322 e. The van der Waals surface area contributed by atoms with Gasteiger partial charge in [-0.3, -0.25) is 0 Å². The number of fused-ring (bicyclic) bond motifs is 1. The van der Waals surface area contributed by atoms with E-state index in [-0.39, 0.29) is 6.03 Å². The molecule has 3 heteroatoms. The monoisotopic (exact) mass is 252 g/mol. The molecule has 0 atom stereocenters. The van der Waals surface area contributed by atoms with E-state index in [2.05, 4.69) is 11.4 Å². The second kappa shape index (κ2) is 5.14. The third-order valence-electron chi connectivity index (χ3n) is 3.41. The maximum absolute atomic E-state index is 12.2. The zero-order valence-electron chi connectivity index (χ0n) is 10.7. The van der Waals surface area contributed by atoms with Crippen LogP contribution in [-0.4, -0.2) is 17.5 Å². The van der Waals surface area contributed by atoms with Gasteiger partial charge in [-0.05, 0) is 23.6 Å². The van der Waals surface area contributed by atoms with E-state index in [4.69, 9.17) is 0 Å². The van der Waals surface area contributed by atoms with E-state index >= 15 is 0 Å². The van der Waals surface area contributed by atoms with Crippen molar-refractivity contribution in [1.29, 1.82) is 0 Å². The fourth-order valence-electron chi connectivity index (χ4n) is 2.37. The van der Waals surface area contributed by atoms with Crippen molar-refractivity contribution in [3.63, 3.8) is 0 Å². The molecule has 1 aliphatic rings. The van der Waals surface area contributed by atoms with Crippen LogP contribution in [-0.2, 0) is 13.0 Å². The summed E-state index contributed by atoms with van der Waals surface area (Å²) in [4.78, 5) is 14.1. The van der Waals surface area contributed by atoms with Crippen LogP contribution < -0.4 is 5.32 Å². The molecule has 1 aliphatic heterocycles. The first kappa shape index (κ1) is 11.8. The number of hydrogen-bond acceptors (Lipinski definition) is 1. The first-order valence-electron chi connectivity index (χ1n) is 6.51. The summed E-state index contributed by atoms with van der Waals surface area (Å²) in [5.74, 6) is 0. The second-order valence-electron chi connectivity index (χ2n) is 4.74. The molecule has 0 saturated carbocycles. The number of urea groups is 1. The van der Waals surface area contributed by atoms with Gasteiger partial charge in [0.05, 0.1) is 0 Å². The summed E-state index contributed by atoms with van der Waals surface area (Å²) in [5, 5.41) is 2.98. The molecule has 3 rings (SSSR count). The number of hydrogen-bond donors (Lipinski definition) is 1. The summed E-state index contributed by atoms with van der Waals surface area (Å²) in [6, 6.07) is 18.1. The van der Waals surface area contributed by atoms with Crippen molar-refractivity contribution in [3.05, 3.63) is 65.7 Å². The van der Waals surface area contributed by atoms with Crippen LogP contribution in [0.25, 0.3) is 0 Å². The Hall–Kier alpha value is -2.29. The quantitative estimate of drug-likeness (QED) is 0.874. The third-order valence-corrected chi connectivity index (χ3v) is 3.41. The minimum Gasteiger partial charge on any atom is -0.320 e. The van der Waals surface area contributed by atoms with Crippen molar-refractivity contribution < 1.29 is 4.79 Å². The van der Waals surface area contributed by atoms with E-state index in [0.717, 1.165) is 24.2 Å². The molecule has 19 heavy (non-hydrogen) atoms. The van der Waals surface area contributed by atoms with Crippen molar-refractivity contribution in [2.75, 3.05) is 11.9 Å². The second-order valence-corrected chi connectivity index (χ2v) is 4.74. The van der Waals surface area contributed by atoms with Gasteiger partial charge in [0.2, 0.25) is 0 Å².